The number of halogens is 1. The molecule has 0 saturated heterocycles. The zero-order chi connectivity index (χ0) is 13.1. The predicted octanol–water partition coefficient (Wildman–Crippen LogP) is 2.38. The minimum absolute atomic E-state index is 0.0826. The van der Waals surface area contributed by atoms with Crippen LogP contribution in [0.4, 0.5) is 4.39 Å². The monoisotopic (exact) mass is 268 g/mol. The number of carbonyl (C=O) groups excluding carboxylic acids is 1. The van der Waals surface area contributed by atoms with E-state index in [2.05, 4.69) is 14.9 Å². The maximum atomic E-state index is 13.2. The highest BCUT2D eigenvalue weighted by atomic mass is 32.2. The van der Waals surface area contributed by atoms with Crippen LogP contribution in [0.1, 0.15) is 10.4 Å². The van der Waals surface area contributed by atoms with Crippen LogP contribution in [0.25, 0.3) is 11.5 Å². The maximum absolute atomic E-state index is 13.2. The molecule has 0 aliphatic rings. The topological polar surface area (TPSA) is 65.2 Å². The largest absolute Gasteiger partial charge is 0.465 e. The standard InChI is InChI=1S/C11H9FN2O3S/c1-16-10(15)7-4-3-6(12)5-8(7)9-13-14-11(17-9)18-2/h3-5H,1-2H3. The minimum atomic E-state index is -0.589. The molecule has 0 fully saturated rings. The predicted molar refractivity (Wildman–Crippen MR) is 62.8 cm³/mol. The molecule has 0 saturated carbocycles. The Kier molecular flexibility index (Phi) is 3.61. The number of hydrogen-bond donors (Lipinski definition) is 0. The first-order chi connectivity index (χ1) is 8.65. The average molecular weight is 268 g/mol. The van der Waals surface area contributed by atoms with Crippen molar-refractivity contribution in [2.24, 2.45) is 0 Å². The molecule has 94 valence electrons. The van der Waals surface area contributed by atoms with E-state index in [9.17, 15) is 9.18 Å². The van der Waals surface area contributed by atoms with Gasteiger partial charge in [-0.1, -0.05) is 11.8 Å². The van der Waals surface area contributed by atoms with Gasteiger partial charge in [-0.05, 0) is 24.5 Å². The van der Waals surface area contributed by atoms with Crippen molar-refractivity contribution in [3.63, 3.8) is 0 Å². The first-order valence-corrected chi connectivity index (χ1v) is 6.14. The highest BCUT2D eigenvalue weighted by molar-refractivity contribution is 7.98. The Morgan fingerprint density at radius 2 is 2.22 bits per heavy atom. The van der Waals surface area contributed by atoms with E-state index < -0.39 is 11.8 Å². The van der Waals surface area contributed by atoms with Crippen LogP contribution in [0.3, 0.4) is 0 Å². The molecule has 0 atom stereocenters. The molecule has 2 rings (SSSR count). The third-order valence-electron chi connectivity index (χ3n) is 2.20. The van der Waals surface area contributed by atoms with Gasteiger partial charge in [-0.15, -0.1) is 10.2 Å². The summed E-state index contributed by atoms with van der Waals surface area (Å²) in [6.45, 7) is 0. The molecular weight excluding hydrogens is 259 g/mol. The summed E-state index contributed by atoms with van der Waals surface area (Å²) in [5.74, 6) is -1.00. The first kappa shape index (κ1) is 12.6. The average Bonchev–Trinajstić information content (AvgIpc) is 2.86. The highest BCUT2D eigenvalue weighted by Crippen LogP contribution is 2.26. The van der Waals surface area contributed by atoms with E-state index >= 15 is 0 Å². The molecule has 0 radical (unpaired) electrons. The van der Waals surface area contributed by atoms with Crippen molar-refractivity contribution in [3.8, 4) is 11.5 Å². The second-order valence-corrected chi connectivity index (χ2v) is 4.02. The zero-order valence-corrected chi connectivity index (χ0v) is 10.5. The lowest BCUT2D eigenvalue weighted by Crippen LogP contribution is -2.04. The summed E-state index contributed by atoms with van der Waals surface area (Å²) in [4.78, 5) is 11.6. The highest BCUT2D eigenvalue weighted by Gasteiger charge is 2.18. The molecule has 0 N–H and O–H groups in total. The maximum Gasteiger partial charge on any atom is 0.338 e. The van der Waals surface area contributed by atoms with E-state index in [1.165, 1.54) is 31.0 Å². The molecule has 0 aliphatic carbocycles. The van der Waals surface area contributed by atoms with Gasteiger partial charge < -0.3 is 9.15 Å². The van der Waals surface area contributed by atoms with E-state index in [1.54, 1.807) is 6.26 Å². The number of esters is 1. The molecular formula is C11H9FN2O3S. The third kappa shape index (κ3) is 2.35. The number of benzene rings is 1. The van der Waals surface area contributed by atoms with Gasteiger partial charge in [0.15, 0.2) is 0 Å². The van der Waals surface area contributed by atoms with Crippen LogP contribution in [0.5, 0.6) is 0 Å². The summed E-state index contributed by atoms with van der Waals surface area (Å²) in [6.07, 6.45) is 1.77. The molecule has 1 aromatic carbocycles. The van der Waals surface area contributed by atoms with Crippen LogP contribution in [-0.2, 0) is 4.74 Å². The van der Waals surface area contributed by atoms with Gasteiger partial charge in [0, 0.05) is 0 Å². The third-order valence-corrected chi connectivity index (χ3v) is 2.71. The Labute approximate surface area is 106 Å². The number of carbonyl (C=O) groups is 1. The summed E-state index contributed by atoms with van der Waals surface area (Å²) in [6, 6.07) is 3.64. The molecule has 0 unspecified atom stereocenters. The number of rotatable bonds is 3. The van der Waals surface area contributed by atoms with Crippen LogP contribution in [0.15, 0.2) is 27.8 Å². The lowest BCUT2D eigenvalue weighted by Gasteiger charge is -2.04. The summed E-state index contributed by atoms with van der Waals surface area (Å²) >= 11 is 1.26. The summed E-state index contributed by atoms with van der Waals surface area (Å²) in [5, 5.41) is 7.84. The number of methoxy groups -OCH3 is 1. The summed E-state index contributed by atoms with van der Waals surface area (Å²) in [7, 11) is 1.25. The second kappa shape index (κ2) is 5.18. The fourth-order valence-electron chi connectivity index (χ4n) is 1.38. The van der Waals surface area contributed by atoms with E-state index in [1.807, 2.05) is 0 Å². The van der Waals surface area contributed by atoms with E-state index in [-0.39, 0.29) is 17.0 Å². The van der Waals surface area contributed by atoms with Gasteiger partial charge in [-0.3, -0.25) is 0 Å². The quantitative estimate of drug-likeness (QED) is 0.629. The first-order valence-electron chi connectivity index (χ1n) is 4.91. The van der Waals surface area contributed by atoms with Gasteiger partial charge in [0.2, 0.25) is 5.89 Å². The Bertz CT molecular complexity index is 585. The molecule has 18 heavy (non-hydrogen) atoms. The Morgan fingerprint density at radius 3 is 2.83 bits per heavy atom. The van der Waals surface area contributed by atoms with Crippen molar-refractivity contribution in [2.75, 3.05) is 13.4 Å². The molecule has 0 spiro atoms. The van der Waals surface area contributed by atoms with Gasteiger partial charge in [-0.2, -0.15) is 0 Å². The van der Waals surface area contributed by atoms with Gasteiger partial charge in [0.1, 0.15) is 5.82 Å². The van der Waals surface area contributed by atoms with Crippen molar-refractivity contribution in [1.29, 1.82) is 0 Å². The van der Waals surface area contributed by atoms with Crippen LogP contribution in [-0.4, -0.2) is 29.5 Å². The van der Waals surface area contributed by atoms with Crippen LogP contribution in [0, 0.1) is 5.82 Å². The van der Waals surface area contributed by atoms with Crippen molar-refractivity contribution in [3.05, 3.63) is 29.6 Å². The molecule has 5 nitrogen and oxygen atoms in total. The minimum Gasteiger partial charge on any atom is -0.465 e. The Hall–Kier alpha value is -1.89. The van der Waals surface area contributed by atoms with E-state index in [4.69, 9.17) is 4.42 Å². The number of ether oxygens (including phenoxy) is 1. The molecule has 7 heteroatoms. The number of hydrogen-bond acceptors (Lipinski definition) is 6. The molecule has 2 aromatic rings. The smallest absolute Gasteiger partial charge is 0.338 e. The summed E-state index contributed by atoms with van der Waals surface area (Å²) < 4.78 is 23.1. The van der Waals surface area contributed by atoms with Gasteiger partial charge in [-0.25, -0.2) is 9.18 Å². The van der Waals surface area contributed by atoms with Gasteiger partial charge in [0.05, 0.1) is 18.2 Å². The fraction of sp³-hybridized carbons (Fsp3) is 0.182. The van der Waals surface area contributed by atoms with Gasteiger partial charge >= 0.3 is 5.97 Å². The van der Waals surface area contributed by atoms with Crippen molar-refractivity contribution in [1.82, 2.24) is 10.2 Å². The Balaban J connectivity index is 2.53. The zero-order valence-electron chi connectivity index (χ0n) is 9.64. The van der Waals surface area contributed by atoms with Crippen molar-refractivity contribution in [2.45, 2.75) is 5.22 Å². The number of nitrogens with zero attached hydrogens (tertiary/aromatic N) is 2. The van der Waals surface area contributed by atoms with Crippen molar-refractivity contribution >= 4 is 17.7 Å². The van der Waals surface area contributed by atoms with Crippen LogP contribution >= 0.6 is 11.8 Å². The molecule has 0 amide bonds. The normalized spacial score (nSPS) is 10.4. The second-order valence-electron chi connectivity index (χ2n) is 3.26. The SMILES string of the molecule is COC(=O)c1ccc(F)cc1-c1nnc(SC)o1. The fourth-order valence-corrected chi connectivity index (χ4v) is 1.67. The van der Waals surface area contributed by atoms with Crippen LogP contribution in [0.2, 0.25) is 0 Å². The summed E-state index contributed by atoms with van der Waals surface area (Å²) in [5.41, 5.74) is 0.393. The lowest BCUT2D eigenvalue weighted by atomic mass is 10.1. The lowest BCUT2D eigenvalue weighted by molar-refractivity contribution is 0.0601. The number of thioether (sulfide) groups is 1. The molecule has 1 aromatic heterocycles. The molecule has 0 aliphatic heterocycles. The van der Waals surface area contributed by atoms with E-state index in [0.29, 0.717) is 5.22 Å². The van der Waals surface area contributed by atoms with Crippen LogP contribution < -0.4 is 0 Å². The van der Waals surface area contributed by atoms with Crippen molar-refractivity contribution < 1.29 is 18.3 Å². The Morgan fingerprint density at radius 1 is 1.44 bits per heavy atom. The number of aromatic nitrogens is 2. The van der Waals surface area contributed by atoms with Gasteiger partial charge in [0.25, 0.3) is 5.22 Å². The molecule has 1 heterocycles. The van der Waals surface area contributed by atoms with E-state index in [0.717, 1.165) is 6.07 Å². The molecule has 0 bridgehead atoms.